The number of anilines is 1. The number of aryl methyl sites for hydroxylation is 2. The fourth-order valence-electron chi connectivity index (χ4n) is 2.39. The van der Waals surface area contributed by atoms with E-state index in [1.807, 2.05) is 6.07 Å². The Kier molecular flexibility index (Phi) is 3.76. The van der Waals surface area contributed by atoms with Crippen molar-refractivity contribution in [2.24, 2.45) is 0 Å². The minimum absolute atomic E-state index is 0.633. The Labute approximate surface area is 129 Å². The van der Waals surface area contributed by atoms with Crippen LogP contribution in [0.15, 0.2) is 48.5 Å². The van der Waals surface area contributed by atoms with Crippen LogP contribution in [0.4, 0.5) is 5.13 Å². The number of nitrogens with two attached hydrogens (primary N) is 1. The molecule has 3 aromatic rings. The molecule has 21 heavy (non-hydrogen) atoms. The molecule has 0 radical (unpaired) electrons. The highest BCUT2D eigenvalue weighted by molar-refractivity contribution is 7.15. The third-order valence-corrected chi connectivity index (χ3v) is 4.59. The Balaban J connectivity index is 2.01. The summed E-state index contributed by atoms with van der Waals surface area (Å²) in [5.41, 5.74) is 12.0. The van der Waals surface area contributed by atoms with E-state index < -0.39 is 0 Å². The topological polar surface area (TPSA) is 38.9 Å². The lowest BCUT2D eigenvalue weighted by molar-refractivity contribution is 1.22. The Hall–Kier alpha value is -2.13. The first-order chi connectivity index (χ1) is 10.1. The van der Waals surface area contributed by atoms with E-state index in [0.717, 1.165) is 17.7 Å². The van der Waals surface area contributed by atoms with Crippen molar-refractivity contribution in [3.05, 3.63) is 70.1 Å². The van der Waals surface area contributed by atoms with Gasteiger partial charge in [-0.1, -0.05) is 42.5 Å². The normalized spacial score (nSPS) is 10.8. The quantitative estimate of drug-likeness (QED) is 0.766. The first-order valence-electron chi connectivity index (χ1n) is 7.00. The monoisotopic (exact) mass is 294 g/mol. The summed E-state index contributed by atoms with van der Waals surface area (Å²) < 4.78 is 0. The lowest BCUT2D eigenvalue weighted by atomic mass is 10.0. The fourth-order valence-corrected chi connectivity index (χ4v) is 3.27. The predicted octanol–water partition coefficient (Wildman–Crippen LogP) is 4.60. The molecular formula is C18H18N2S. The molecule has 0 saturated heterocycles. The molecule has 0 aliphatic heterocycles. The summed E-state index contributed by atoms with van der Waals surface area (Å²) >= 11 is 1.58. The van der Waals surface area contributed by atoms with Gasteiger partial charge in [0, 0.05) is 16.9 Å². The second-order valence-corrected chi connectivity index (χ2v) is 6.40. The van der Waals surface area contributed by atoms with Gasteiger partial charge in [-0.15, -0.1) is 11.3 Å². The predicted molar refractivity (Wildman–Crippen MR) is 90.7 cm³/mol. The molecule has 0 bridgehead atoms. The molecule has 0 aliphatic rings. The fraction of sp³-hybridized carbons (Fsp3) is 0.167. The second kappa shape index (κ2) is 5.70. The molecule has 0 atom stereocenters. The van der Waals surface area contributed by atoms with Gasteiger partial charge in [0.25, 0.3) is 0 Å². The zero-order valence-corrected chi connectivity index (χ0v) is 13.1. The lowest BCUT2D eigenvalue weighted by Gasteiger charge is -2.06. The van der Waals surface area contributed by atoms with Gasteiger partial charge in [-0.25, -0.2) is 4.98 Å². The number of nitrogen functional groups attached to an aromatic ring is 1. The molecule has 0 fully saturated rings. The maximum absolute atomic E-state index is 5.95. The van der Waals surface area contributed by atoms with Crippen LogP contribution in [-0.4, -0.2) is 4.98 Å². The third-order valence-electron chi connectivity index (χ3n) is 3.70. The van der Waals surface area contributed by atoms with Crippen LogP contribution in [0.1, 0.15) is 21.6 Å². The van der Waals surface area contributed by atoms with E-state index in [0.29, 0.717) is 5.13 Å². The largest absolute Gasteiger partial charge is 0.375 e. The summed E-state index contributed by atoms with van der Waals surface area (Å²) in [6, 6.07) is 16.9. The van der Waals surface area contributed by atoms with Crippen molar-refractivity contribution in [1.29, 1.82) is 0 Å². The van der Waals surface area contributed by atoms with E-state index in [1.165, 1.54) is 21.6 Å². The van der Waals surface area contributed by atoms with Gasteiger partial charge >= 0.3 is 0 Å². The van der Waals surface area contributed by atoms with E-state index in [1.54, 1.807) is 11.3 Å². The first-order valence-corrected chi connectivity index (χ1v) is 7.82. The van der Waals surface area contributed by atoms with Gasteiger partial charge < -0.3 is 5.73 Å². The van der Waals surface area contributed by atoms with Crippen molar-refractivity contribution in [1.82, 2.24) is 4.98 Å². The smallest absolute Gasteiger partial charge is 0.180 e. The molecule has 0 aliphatic carbocycles. The molecule has 0 spiro atoms. The van der Waals surface area contributed by atoms with Crippen LogP contribution >= 0.6 is 11.3 Å². The number of benzene rings is 2. The first kappa shape index (κ1) is 13.8. The Morgan fingerprint density at radius 2 is 1.76 bits per heavy atom. The van der Waals surface area contributed by atoms with Gasteiger partial charge in [0.15, 0.2) is 5.13 Å². The van der Waals surface area contributed by atoms with Crippen molar-refractivity contribution >= 4 is 16.5 Å². The highest BCUT2D eigenvalue weighted by Gasteiger charge is 2.13. The van der Waals surface area contributed by atoms with Crippen LogP contribution < -0.4 is 5.73 Å². The lowest BCUT2D eigenvalue weighted by Crippen LogP contribution is -1.90. The maximum Gasteiger partial charge on any atom is 0.180 e. The summed E-state index contributed by atoms with van der Waals surface area (Å²) in [4.78, 5) is 5.77. The van der Waals surface area contributed by atoms with Crippen LogP contribution in [0.25, 0.3) is 11.3 Å². The Bertz CT molecular complexity index is 760. The molecule has 0 amide bonds. The van der Waals surface area contributed by atoms with E-state index in [-0.39, 0.29) is 0 Å². The van der Waals surface area contributed by atoms with Crippen molar-refractivity contribution in [3.8, 4) is 11.3 Å². The molecule has 2 nitrogen and oxygen atoms in total. The molecule has 3 heteroatoms. The summed E-state index contributed by atoms with van der Waals surface area (Å²) in [6.07, 6.45) is 0.873. The second-order valence-electron chi connectivity index (χ2n) is 5.29. The van der Waals surface area contributed by atoms with Gasteiger partial charge in [-0.3, -0.25) is 0 Å². The maximum atomic E-state index is 5.95. The van der Waals surface area contributed by atoms with Gasteiger partial charge in [0.05, 0.1) is 5.69 Å². The van der Waals surface area contributed by atoms with Gasteiger partial charge in [0.2, 0.25) is 0 Å². The molecular weight excluding hydrogens is 276 g/mol. The van der Waals surface area contributed by atoms with Crippen LogP contribution in [0, 0.1) is 13.8 Å². The molecule has 0 unspecified atom stereocenters. The van der Waals surface area contributed by atoms with Crippen LogP contribution in [0.3, 0.4) is 0 Å². The van der Waals surface area contributed by atoms with Gasteiger partial charge in [-0.05, 0) is 36.6 Å². The van der Waals surface area contributed by atoms with Gasteiger partial charge in [0.1, 0.15) is 0 Å². The number of rotatable bonds is 3. The van der Waals surface area contributed by atoms with E-state index in [2.05, 4.69) is 61.3 Å². The molecule has 1 heterocycles. The summed E-state index contributed by atoms with van der Waals surface area (Å²) in [7, 11) is 0. The van der Waals surface area contributed by atoms with Crippen molar-refractivity contribution in [2.45, 2.75) is 20.3 Å². The standard InChI is InChI=1S/C18H18N2S/c1-12-8-9-15(10-13(12)2)17-16(21-18(19)20-17)11-14-6-4-3-5-7-14/h3-10H,11H2,1-2H3,(H2,19,20). The van der Waals surface area contributed by atoms with Crippen LogP contribution in [-0.2, 0) is 6.42 Å². The van der Waals surface area contributed by atoms with Crippen LogP contribution in [0.2, 0.25) is 0 Å². The molecule has 1 aromatic heterocycles. The molecule has 3 rings (SSSR count). The number of hydrogen-bond donors (Lipinski definition) is 1. The zero-order chi connectivity index (χ0) is 14.8. The SMILES string of the molecule is Cc1ccc(-c2nc(N)sc2Cc2ccccc2)cc1C. The molecule has 106 valence electrons. The van der Waals surface area contributed by atoms with Crippen molar-refractivity contribution < 1.29 is 0 Å². The van der Waals surface area contributed by atoms with Crippen LogP contribution in [0.5, 0.6) is 0 Å². The summed E-state index contributed by atoms with van der Waals surface area (Å²) in [6.45, 7) is 4.25. The highest BCUT2D eigenvalue weighted by atomic mass is 32.1. The van der Waals surface area contributed by atoms with Crippen molar-refractivity contribution in [2.75, 3.05) is 5.73 Å². The minimum atomic E-state index is 0.633. The summed E-state index contributed by atoms with van der Waals surface area (Å²) in [5.74, 6) is 0. The van der Waals surface area contributed by atoms with Gasteiger partial charge in [-0.2, -0.15) is 0 Å². The zero-order valence-electron chi connectivity index (χ0n) is 12.3. The number of aromatic nitrogens is 1. The number of thiazole rings is 1. The minimum Gasteiger partial charge on any atom is -0.375 e. The number of hydrogen-bond acceptors (Lipinski definition) is 3. The highest BCUT2D eigenvalue weighted by Crippen LogP contribution is 2.32. The average Bonchev–Trinajstić information content (AvgIpc) is 2.84. The molecule has 2 aromatic carbocycles. The number of nitrogens with zero attached hydrogens (tertiary/aromatic N) is 1. The van der Waals surface area contributed by atoms with E-state index in [9.17, 15) is 0 Å². The van der Waals surface area contributed by atoms with E-state index >= 15 is 0 Å². The Morgan fingerprint density at radius 3 is 2.48 bits per heavy atom. The third kappa shape index (κ3) is 2.98. The molecule has 0 saturated carbocycles. The molecule has 2 N–H and O–H groups in total. The van der Waals surface area contributed by atoms with E-state index in [4.69, 9.17) is 5.73 Å². The Morgan fingerprint density at radius 1 is 1.00 bits per heavy atom. The summed E-state index contributed by atoms with van der Waals surface area (Å²) in [5, 5.41) is 0.633. The van der Waals surface area contributed by atoms with Crippen molar-refractivity contribution in [3.63, 3.8) is 0 Å². The average molecular weight is 294 g/mol.